The number of rotatable bonds is 6. The number of methoxy groups -OCH3 is 1. The van der Waals surface area contributed by atoms with E-state index in [-0.39, 0.29) is 5.97 Å². The van der Waals surface area contributed by atoms with E-state index in [1.165, 1.54) is 5.56 Å². The van der Waals surface area contributed by atoms with Gasteiger partial charge in [0, 0.05) is 24.5 Å². The van der Waals surface area contributed by atoms with Gasteiger partial charge < -0.3 is 14.0 Å². The van der Waals surface area contributed by atoms with Crippen LogP contribution in [-0.2, 0) is 11.3 Å². The Kier molecular flexibility index (Phi) is 5.19. The number of aromatic nitrogens is 1. The summed E-state index contributed by atoms with van der Waals surface area (Å²) in [5.41, 5.74) is 3.56. The highest BCUT2D eigenvalue weighted by molar-refractivity contribution is 5.97. The van der Waals surface area contributed by atoms with Crippen LogP contribution in [0.5, 0.6) is 5.75 Å². The van der Waals surface area contributed by atoms with E-state index >= 15 is 0 Å². The number of nitrogens with zero attached hydrogens (tertiary/aromatic N) is 1. The molecule has 0 saturated carbocycles. The first-order valence-electron chi connectivity index (χ1n) is 8.26. The maximum atomic E-state index is 12.4. The van der Waals surface area contributed by atoms with Gasteiger partial charge in [0.1, 0.15) is 5.75 Å². The van der Waals surface area contributed by atoms with Crippen LogP contribution in [0.4, 0.5) is 0 Å². The minimum atomic E-state index is -0.305. The van der Waals surface area contributed by atoms with Crippen molar-refractivity contribution in [2.24, 2.45) is 0 Å². The second kappa shape index (κ2) is 7.71. The predicted molar refractivity (Wildman–Crippen MR) is 97.9 cm³/mol. The summed E-state index contributed by atoms with van der Waals surface area (Å²) in [4.78, 5) is 12.4. The maximum absolute atomic E-state index is 12.4. The van der Waals surface area contributed by atoms with Crippen LogP contribution < -0.4 is 4.74 Å². The van der Waals surface area contributed by atoms with Crippen LogP contribution in [0.2, 0.25) is 0 Å². The molecule has 25 heavy (non-hydrogen) atoms. The number of esters is 1. The molecule has 0 bridgehead atoms. The summed E-state index contributed by atoms with van der Waals surface area (Å²) in [6.45, 7) is 2.86. The molecule has 4 nitrogen and oxygen atoms in total. The predicted octanol–water partition coefficient (Wildman–Crippen LogP) is 4.39. The molecule has 1 heterocycles. The largest absolute Gasteiger partial charge is 0.497 e. The van der Waals surface area contributed by atoms with Gasteiger partial charge in [-0.2, -0.15) is 0 Å². The second-order valence-corrected chi connectivity index (χ2v) is 5.69. The van der Waals surface area contributed by atoms with Crippen molar-refractivity contribution in [2.45, 2.75) is 13.5 Å². The molecule has 0 atom stereocenters. The van der Waals surface area contributed by atoms with Crippen LogP contribution in [0.1, 0.15) is 22.8 Å². The third-order valence-corrected chi connectivity index (χ3v) is 3.98. The van der Waals surface area contributed by atoms with Crippen LogP contribution in [0.15, 0.2) is 67.0 Å². The number of carbonyl (C=O) groups is 1. The Morgan fingerprint density at radius 3 is 2.36 bits per heavy atom. The second-order valence-electron chi connectivity index (χ2n) is 5.69. The first kappa shape index (κ1) is 16.8. The van der Waals surface area contributed by atoms with E-state index in [1.54, 1.807) is 7.11 Å². The number of carbonyl (C=O) groups excluding carboxylic acids is 1. The third-order valence-electron chi connectivity index (χ3n) is 3.98. The Labute approximate surface area is 147 Å². The summed E-state index contributed by atoms with van der Waals surface area (Å²) < 4.78 is 12.4. The van der Waals surface area contributed by atoms with Gasteiger partial charge in [-0.1, -0.05) is 42.5 Å². The van der Waals surface area contributed by atoms with Crippen molar-refractivity contribution in [2.75, 3.05) is 13.7 Å². The first-order valence-corrected chi connectivity index (χ1v) is 8.26. The van der Waals surface area contributed by atoms with Crippen molar-refractivity contribution in [3.8, 4) is 16.9 Å². The van der Waals surface area contributed by atoms with Crippen molar-refractivity contribution in [3.63, 3.8) is 0 Å². The van der Waals surface area contributed by atoms with Crippen molar-refractivity contribution in [3.05, 3.63) is 78.1 Å². The van der Waals surface area contributed by atoms with E-state index in [2.05, 4.69) is 12.1 Å². The van der Waals surface area contributed by atoms with Crippen molar-refractivity contribution in [1.29, 1.82) is 0 Å². The minimum absolute atomic E-state index is 0.305. The highest BCUT2D eigenvalue weighted by Crippen LogP contribution is 2.28. The third kappa shape index (κ3) is 3.91. The van der Waals surface area contributed by atoms with Gasteiger partial charge in [-0.25, -0.2) is 4.79 Å². The molecule has 0 unspecified atom stereocenters. The Hall–Kier alpha value is -3.01. The van der Waals surface area contributed by atoms with Crippen molar-refractivity contribution >= 4 is 5.97 Å². The zero-order valence-electron chi connectivity index (χ0n) is 14.4. The lowest BCUT2D eigenvalue weighted by Crippen LogP contribution is -2.05. The van der Waals surface area contributed by atoms with E-state index in [1.807, 2.05) is 66.3 Å². The molecule has 3 aromatic rings. The first-order chi connectivity index (χ1) is 12.2. The van der Waals surface area contributed by atoms with Crippen LogP contribution >= 0.6 is 0 Å². The van der Waals surface area contributed by atoms with Crippen molar-refractivity contribution < 1.29 is 14.3 Å². The lowest BCUT2D eigenvalue weighted by atomic mass is 10.0. The molecule has 3 rings (SSSR count). The van der Waals surface area contributed by atoms with Gasteiger partial charge in [0.15, 0.2) is 0 Å². The average Bonchev–Trinajstić information content (AvgIpc) is 3.07. The molecule has 0 fully saturated rings. The lowest BCUT2D eigenvalue weighted by molar-refractivity contribution is 0.0527. The number of ether oxygens (including phenoxy) is 2. The number of hydrogen-bond acceptors (Lipinski definition) is 3. The number of hydrogen-bond donors (Lipinski definition) is 0. The summed E-state index contributed by atoms with van der Waals surface area (Å²) in [5, 5.41) is 0. The van der Waals surface area contributed by atoms with Crippen LogP contribution in [0.3, 0.4) is 0 Å². The highest BCUT2D eigenvalue weighted by atomic mass is 16.5. The standard InChI is InChI=1S/C21H21NO3/c1-3-25-21(23)20-15-22(13-16-7-5-4-6-8-16)14-19(20)17-9-11-18(24-2)12-10-17/h4-12,14-15H,3,13H2,1-2H3. The number of benzene rings is 2. The van der Waals surface area contributed by atoms with E-state index in [0.29, 0.717) is 18.7 Å². The SMILES string of the molecule is CCOC(=O)c1cn(Cc2ccccc2)cc1-c1ccc(OC)cc1. The molecule has 1 aromatic heterocycles. The molecule has 4 heteroatoms. The molecule has 0 aliphatic heterocycles. The van der Waals surface area contributed by atoms with Crippen LogP contribution in [0.25, 0.3) is 11.1 Å². The summed E-state index contributed by atoms with van der Waals surface area (Å²) in [6, 6.07) is 17.8. The van der Waals surface area contributed by atoms with Gasteiger partial charge in [0.2, 0.25) is 0 Å². The van der Waals surface area contributed by atoms with Gasteiger partial charge in [0.25, 0.3) is 0 Å². The summed E-state index contributed by atoms with van der Waals surface area (Å²) in [6.07, 6.45) is 3.84. The molecule has 0 aliphatic rings. The lowest BCUT2D eigenvalue weighted by Gasteiger charge is -2.05. The van der Waals surface area contributed by atoms with E-state index in [9.17, 15) is 4.79 Å². The smallest absolute Gasteiger partial charge is 0.340 e. The van der Waals surface area contributed by atoms with Crippen LogP contribution in [-0.4, -0.2) is 24.3 Å². The Morgan fingerprint density at radius 1 is 1.00 bits per heavy atom. The zero-order chi connectivity index (χ0) is 17.6. The normalized spacial score (nSPS) is 10.5. The fourth-order valence-electron chi connectivity index (χ4n) is 2.77. The summed E-state index contributed by atoms with van der Waals surface area (Å²) in [5.74, 6) is 0.477. The topological polar surface area (TPSA) is 40.5 Å². The molecule has 0 N–H and O–H groups in total. The molecule has 0 amide bonds. The summed E-state index contributed by atoms with van der Waals surface area (Å²) in [7, 11) is 1.63. The van der Waals surface area contributed by atoms with Gasteiger partial charge in [-0.15, -0.1) is 0 Å². The fourth-order valence-corrected chi connectivity index (χ4v) is 2.77. The Morgan fingerprint density at radius 2 is 1.72 bits per heavy atom. The fraction of sp³-hybridized carbons (Fsp3) is 0.190. The Bertz CT molecular complexity index is 835. The van der Waals surface area contributed by atoms with Gasteiger partial charge in [-0.3, -0.25) is 0 Å². The molecular weight excluding hydrogens is 314 g/mol. The molecule has 2 aromatic carbocycles. The van der Waals surface area contributed by atoms with Gasteiger partial charge >= 0.3 is 5.97 Å². The average molecular weight is 335 g/mol. The highest BCUT2D eigenvalue weighted by Gasteiger charge is 2.17. The molecule has 0 saturated heterocycles. The molecule has 0 radical (unpaired) electrons. The van der Waals surface area contributed by atoms with Gasteiger partial charge in [-0.05, 0) is 30.2 Å². The van der Waals surface area contributed by atoms with E-state index in [0.717, 1.165) is 16.9 Å². The summed E-state index contributed by atoms with van der Waals surface area (Å²) >= 11 is 0. The molecule has 0 aliphatic carbocycles. The molecule has 128 valence electrons. The molecular formula is C21H21NO3. The monoisotopic (exact) mass is 335 g/mol. The van der Waals surface area contributed by atoms with Gasteiger partial charge in [0.05, 0.1) is 19.3 Å². The maximum Gasteiger partial charge on any atom is 0.340 e. The Balaban J connectivity index is 1.97. The zero-order valence-corrected chi connectivity index (χ0v) is 14.4. The van der Waals surface area contributed by atoms with Crippen LogP contribution in [0, 0.1) is 0 Å². The van der Waals surface area contributed by atoms with E-state index < -0.39 is 0 Å². The molecule has 0 spiro atoms. The minimum Gasteiger partial charge on any atom is -0.497 e. The quantitative estimate of drug-likeness (QED) is 0.627. The van der Waals surface area contributed by atoms with E-state index in [4.69, 9.17) is 9.47 Å². The van der Waals surface area contributed by atoms with Crippen molar-refractivity contribution in [1.82, 2.24) is 4.57 Å².